The van der Waals surface area contributed by atoms with Gasteiger partial charge < -0.3 is 10.1 Å². The maximum absolute atomic E-state index is 11.0. The number of nitrogens with one attached hydrogen (secondary N) is 1. The highest BCUT2D eigenvalue weighted by molar-refractivity contribution is 6.43. The Hall–Kier alpha value is -1.14. The van der Waals surface area contributed by atoms with E-state index in [0.717, 1.165) is 0 Å². The highest BCUT2D eigenvalue weighted by atomic mass is 35.5. The molecule has 20 heavy (non-hydrogen) atoms. The maximum atomic E-state index is 11.0. The Morgan fingerprint density at radius 1 is 1.25 bits per heavy atom. The van der Waals surface area contributed by atoms with Gasteiger partial charge in [-0.15, -0.1) is 0 Å². The number of H-pyrrole nitrogens is 1. The summed E-state index contributed by atoms with van der Waals surface area (Å²) >= 11 is 23.1. The zero-order valence-electron chi connectivity index (χ0n) is 9.58. The first-order valence-electron chi connectivity index (χ1n) is 5.18. The van der Waals surface area contributed by atoms with Crippen molar-refractivity contribution in [1.82, 2.24) is 4.98 Å². The van der Waals surface area contributed by atoms with Gasteiger partial charge in [-0.1, -0.05) is 46.4 Å². The number of benzene rings is 1. The molecule has 106 valence electrons. The molecule has 2 N–H and O–H groups in total. The molecule has 1 heterocycles. The maximum Gasteiger partial charge on any atom is 0.310 e. The molecular weight excluding hydrogens is 350 g/mol. The average Bonchev–Trinajstić information content (AvgIpc) is 2.61. The lowest BCUT2D eigenvalue weighted by Gasteiger charge is -2.06. The minimum atomic E-state index is -0.650. The summed E-state index contributed by atoms with van der Waals surface area (Å²) in [6.45, 7) is 0. The third kappa shape index (κ3) is 2.81. The molecule has 0 spiro atoms. The van der Waals surface area contributed by atoms with Gasteiger partial charge >= 0.3 is 5.69 Å². The molecule has 1 aromatic heterocycles. The van der Waals surface area contributed by atoms with E-state index in [2.05, 4.69) is 4.98 Å². The van der Waals surface area contributed by atoms with Crippen LogP contribution in [0.3, 0.4) is 0 Å². The lowest BCUT2D eigenvalue weighted by Crippen LogP contribution is -1.96. The van der Waals surface area contributed by atoms with Crippen LogP contribution in [-0.2, 0) is 6.42 Å². The smallest absolute Gasteiger partial charge is 0.310 e. The molecule has 5 nitrogen and oxygen atoms in total. The van der Waals surface area contributed by atoms with Crippen molar-refractivity contribution in [3.05, 3.63) is 53.7 Å². The summed E-state index contributed by atoms with van der Waals surface area (Å²) < 4.78 is 0. The molecule has 0 aliphatic heterocycles. The van der Waals surface area contributed by atoms with Crippen molar-refractivity contribution in [2.45, 2.75) is 6.42 Å². The predicted octanol–water partition coefficient (Wildman–Crippen LogP) is 4.83. The topological polar surface area (TPSA) is 79.2 Å². The Labute approximate surface area is 133 Å². The van der Waals surface area contributed by atoms with Crippen molar-refractivity contribution < 1.29 is 10.0 Å². The monoisotopic (exact) mass is 354 g/mol. The van der Waals surface area contributed by atoms with E-state index < -0.39 is 4.92 Å². The molecule has 0 saturated heterocycles. The van der Waals surface area contributed by atoms with Gasteiger partial charge in [0.1, 0.15) is 16.6 Å². The fraction of sp³-hybridized carbons (Fsp3) is 0.0909. The fourth-order valence-corrected chi connectivity index (χ4v) is 2.72. The minimum absolute atomic E-state index is 0.0190. The zero-order chi connectivity index (χ0) is 15.0. The second-order valence-electron chi connectivity index (χ2n) is 3.91. The molecule has 0 aliphatic carbocycles. The number of aromatic amines is 1. The van der Waals surface area contributed by atoms with Crippen LogP contribution in [-0.4, -0.2) is 15.0 Å². The van der Waals surface area contributed by atoms with Crippen molar-refractivity contribution in [2.24, 2.45) is 0 Å². The predicted molar refractivity (Wildman–Crippen MR) is 78.4 cm³/mol. The first-order valence-corrected chi connectivity index (χ1v) is 6.69. The fourth-order valence-electron chi connectivity index (χ4n) is 1.75. The van der Waals surface area contributed by atoms with Crippen LogP contribution in [0.15, 0.2) is 12.1 Å². The van der Waals surface area contributed by atoms with Gasteiger partial charge in [-0.05, 0) is 12.1 Å². The largest absolute Gasteiger partial charge is 0.506 e. The van der Waals surface area contributed by atoms with Crippen LogP contribution < -0.4 is 0 Å². The first-order chi connectivity index (χ1) is 9.31. The van der Waals surface area contributed by atoms with Gasteiger partial charge in [0.2, 0.25) is 0 Å². The Balaban J connectivity index is 2.51. The molecule has 0 radical (unpaired) electrons. The number of halogens is 4. The summed E-state index contributed by atoms with van der Waals surface area (Å²) in [4.78, 5) is 12.9. The van der Waals surface area contributed by atoms with Crippen molar-refractivity contribution in [3.8, 4) is 5.75 Å². The summed E-state index contributed by atoms with van der Waals surface area (Å²) in [6, 6.07) is 2.82. The summed E-state index contributed by atoms with van der Waals surface area (Å²) in [5, 5.41) is 21.0. The molecule has 9 heteroatoms. The normalized spacial score (nSPS) is 10.8. The van der Waals surface area contributed by atoms with Crippen LogP contribution in [0, 0.1) is 10.1 Å². The molecule has 0 bridgehead atoms. The highest BCUT2D eigenvalue weighted by Gasteiger charge is 2.26. The van der Waals surface area contributed by atoms with Crippen LogP contribution in [0.2, 0.25) is 20.2 Å². The van der Waals surface area contributed by atoms with E-state index in [-0.39, 0.29) is 38.8 Å². The highest BCUT2D eigenvalue weighted by Crippen LogP contribution is 2.38. The molecule has 2 rings (SSSR count). The van der Waals surface area contributed by atoms with Crippen LogP contribution in [0.4, 0.5) is 5.69 Å². The molecule has 0 unspecified atom stereocenters. The Morgan fingerprint density at radius 3 is 2.50 bits per heavy atom. The Bertz CT molecular complexity index is 699. The molecular formula is C11H6Cl4N2O3. The van der Waals surface area contributed by atoms with E-state index in [1.807, 2.05) is 0 Å². The van der Waals surface area contributed by atoms with E-state index in [1.54, 1.807) is 0 Å². The zero-order valence-corrected chi connectivity index (χ0v) is 12.6. The van der Waals surface area contributed by atoms with Gasteiger partial charge in [0, 0.05) is 17.0 Å². The summed E-state index contributed by atoms with van der Waals surface area (Å²) in [5.41, 5.74) is 0.131. The molecule has 2 aromatic rings. The quantitative estimate of drug-likeness (QED) is 0.611. The van der Waals surface area contributed by atoms with Gasteiger partial charge in [-0.25, -0.2) is 0 Å². The molecule has 0 aliphatic rings. The van der Waals surface area contributed by atoms with Crippen molar-refractivity contribution in [1.29, 1.82) is 0 Å². The van der Waals surface area contributed by atoms with Crippen LogP contribution in [0.25, 0.3) is 0 Å². The molecule has 0 atom stereocenters. The van der Waals surface area contributed by atoms with Gasteiger partial charge in [-0.3, -0.25) is 10.1 Å². The summed E-state index contributed by atoms with van der Waals surface area (Å²) in [7, 11) is 0. The number of hydrogen-bond donors (Lipinski definition) is 2. The van der Waals surface area contributed by atoms with Crippen LogP contribution >= 0.6 is 46.4 Å². The molecule has 0 fully saturated rings. The van der Waals surface area contributed by atoms with Crippen LogP contribution in [0.5, 0.6) is 5.75 Å². The number of hydrogen-bond acceptors (Lipinski definition) is 3. The van der Waals surface area contributed by atoms with E-state index in [1.165, 1.54) is 12.1 Å². The van der Waals surface area contributed by atoms with Crippen molar-refractivity contribution >= 4 is 52.1 Å². The third-order valence-electron chi connectivity index (χ3n) is 2.60. The lowest BCUT2D eigenvalue weighted by atomic mass is 10.1. The van der Waals surface area contributed by atoms with E-state index in [9.17, 15) is 15.2 Å². The van der Waals surface area contributed by atoms with Gasteiger partial charge in [0.05, 0.1) is 9.95 Å². The van der Waals surface area contributed by atoms with E-state index in [4.69, 9.17) is 46.4 Å². The lowest BCUT2D eigenvalue weighted by molar-refractivity contribution is -0.385. The SMILES string of the molecule is O=[N+]([O-])c1c(Cc2cc(Cl)cc(Cl)c2O)[nH]c(Cl)c1Cl. The first kappa shape index (κ1) is 15.3. The number of aromatic nitrogens is 1. The Kier molecular flexibility index (Phi) is 4.34. The Morgan fingerprint density at radius 2 is 1.90 bits per heavy atom. The minimum Gasteiger partial charge on any atom is -0.506 e. The molecule has 0 saturated carbocycles. The molecule has 0 amide bonds. The van der Waals surface area contributed by atoms with E-state index >= 15 is 0 Å². The van der Waals surface area contributed by atoms with Gasteiger partial charge in [0.15, 0.2) is 5.02 Å². The number of aromatic hydroxyl groups is 1. The second-order valence-corrected chi connectivity index (χ2v) is 5.51. The second kappa shape index (κ2) is 5.69. The van der Waals surface area contributed by atoms with Gasteiger partial charge in [-0.2, -0.15) is 0 Å². The number of nitrogens with zero attached hydrogens (tertiary/aromatic N) is 1. The summed E-state index contributed by atoms with van der Waals surface area (Å²) in [6.07, 6.45) is -0.0190. The van der Waals surface area contributed by atoms with E-state index in [0.29, 0.717) is 10.6 Å². The standard InChI is InChI=1S/C11H6Cl4N2O3/c12-5-1-4(10(18)6(13)3-5)2-7-9(17(19)20)8(14)11(15)16-7/h1,3,16,18H,2H2. The van der Waals surface area contributed by atoms with Crippen LogP contribution in [0.1, 0.15) is 11.3 Å². The molecule has 1 aromatic carbocycles. The average molecular weight is 356 g/mol. The summed E-state index contributed by atoms with van der Waals surface area (Å²) in [5.74, 6) is -0.202. The van der Waals surface area contributed by atoms with Crippen molar-refractivity contribution in [3.63, 3.8) is 0 Å². The number of rotatable bonds is 3. The third-order valence-corrected chi connectivity index (χ3v) is 3.86. The number of phenolic OH excluding ortho intramolecular Hbond substituents is 1. The number of phenols is 1. The number of nitro groups is 1. The van der Waals surface area contributed by atoms with Crippen molar-refractivity contribution in [2.75, 3.05) is 0 Å². The van der Waals surface area contributed by atoms with Gasteiger partial charge in [0.25, 0.3) is 0 Å².